The van der Waals surface area contributed by atoms with Crippen molar-refractivity contribution in [2.45, 2.75) is 0 Å². The maximum absolute atomic E-state index is 12.7. The Morgan fingerprint density at radius 3 is 2.17 bits per heavy atom. The largest absolute Gasteiger partial charge is 0.497 e. The Hall–Kier alpha value is -3.32. The highest BCUT2D eigenvalue weighted by Gasteiger charge is 2.13. The van der Waals surface area contributed by atoms with Gasteiger partial charge < -0.3 is 20.1 Å². The molecule has 0 radical (unpaired) electrons. The van der Waals surface area contributed by atoms with E-state index in [0.29, 0.717) is 34.0 Å². The number of ether oxygens (including phenoxy) is 2. The summed E-state index contributed by atoms with van der Waals surface area (Å²) >= 11 is 3.35. The van der Waals surface area contributed by atoms with Gasteiger partial charge in [-0.15, -0.1) is 0 Å². The first-order chi connectivity index (χ1) is 14.0. The van der Waals surface area contributed by atoms with Gasteiger partial charge in [0.1, 0.15) is 11.5 Å². The van der Waals surface area contributed by atoms with Gasteiger partial charge in [-0.2, -0.15) is 0 Å². The van der Waals surface area contributed by atoms with Crippen LogP contribution in [0.25, 0.3) is 0 Å². The fourth-order valence-electron chi connectivity index (χ4n) is 2.67. The summed E-state index contributed by atoms with van der Waals surface area (Å²) in [5.41, 5.74) is 1.94. The summed E-state index contributed by atoms with van der Waals surface area (Å²) in [5.74, 6) is 0.515. The van der Waals surface area contributed by atoms with E-state index in [-0.39, 0.29) is 11.8 Å². The first-order valence-corrected chi connectivity index (χ1v) is 9.50. The van der Waals surface area contributed by atoms with E-state index in [4.69, 9.17) is 9.47 Å². The molecule has 0 saturated heterocycles. The minimum absolute atomic E-state index is 0.263. The summed E-state index contributed by atoms with van der Waals surface area (Å²) in [4.78, 5) is 25.1. The predicted molar refractivity (Wildman–Crippen MR) is 116 cm³/mol. The lowest BCUT2D eigenvalue weighted by Crippen LogP contribution is -2.15. The van der Waals surface area contributed by atoms with Crippen LogP contribution >= 0.6 is 15.9 Å². The molecule has 3 rings (SSSR count). The van der Waals surface area contributed by atoms with Crippen LogP contribution in [-0.4, -0.2) is 26.0 Å². The van der Waals surface area contributed by atoms with Crippen molar-refractivity contribution < 1.29 is 19.1 Å². The molecule has 0 aliphatic rings. The van der Waals surface area contributed by atoms with Crippen LogP contribution < -0.4 is 20.1 Å². The molecule has 2 N–H and O–H groups in total. The number of halogens is 1. The molecule has 0 unspecified atom stereocenters. The minimum Gasteiger partial charge on any atom is -0.497 e. The van der Waals surface area contributed by atoms with Gasteiger partial charge in [0.25, 0.3) is 11.8 Å². The van der Waals surface area contributed by atoms with Crippen LogP contribution in [0, 0.1) is 0 Å². The first kappa shape index (κ1) is 20.4. The van der Waals surface area contributed by atoms with E-state index in [1.807, 2.05) is 6.07 Å². The second-order valence-electron chi connectivity index (χ2n) is 6.07. The van der Waals surface area contributed by atoms with Gasteiger partial charge >= 0.3 is 0 Å². The molecule has 6 nitrogen and oxygen atoms in total. The Labute approximate surface area is 177 Å². The summed E-state index contributed by atoms with van der Waals surface area (Å²) < 4.78 is 11.3. The van der Waals surface area contributed by atoms with Gasteiger partial charge in [0, 0.05) is 27.4 Å². The monoisotopic (exact) mass is 454 g/mol. The fourth-order valence-corrected chi connectivity index (χ4v) is 3.07. The van der Waals surface area contributed by atoms with Crippen molar-refractivity contribution in [3.8, 4) is 11.5 Å². The van der Waals surface area contributed by atoms with Crippen molar-refractivity contribution in [2.75, 3.05) is 24.9 Å². The maximum atomic E-state index is 12.7. The van der Waals surface area contributed by atoms with E-state index < -0.39 is 0 Å². The second kappa shape index (κ2) is 9.25. The smallest absolute Gasteiger partial charge is 0.255 e. The lowest BCUT2D eigenvalue weighted by atomic mass is 10.1. The molecular formula is C22H19BrN2O4. The van der Waals surface area contributed by atoms with Crippen molar-refractivity contribution in [3.05, 3.63) is 82.3 Å². The molecule has 2 amide bonds. The Kier molecular flexibility index (Phi) is 6.51. The summed E-state index contributed by atoms with van der Waals surface area (Å²) in [6.45, 7) is 0. The SMILES string of the molecule is COc1ccc(NC(=O)c2cccc(NC(=O)c3cccc(Br)c3)c2)c(OC)c1. The number of hydrogen-bond acceptors (Lipinski definition) is 4. The van der Waals surface area contributed by atoms with Gasteiger partial charge in [-0.1, -0.05) is 28.1 Å². The number of hydrogen-bond donors (Lipinski definition) is 2. The third-order valence-corrected chi connectivity index (χ3v) is 4.62. The Bertz CT molecular complexity index is 1050. The third kappa shape index (κ3) is 5.14. The van der Waals surface area contributed by atoms with Crippen LogP contribution in [0.15, 0.2) is 71.2 Å². The molecule has 0 fully saturated rings. The van der Waals surface area contributed by atoms with Crippen molar-refractivity contribution in [2.24, 2.45) is 0 Å². The minimum atomic E-state index is -0.327. The van der Waals surface area contributed by atoms with Crippen molar-refractivity contribution in [1.29, 1.82) is 0 Å². The number of carbonyl (C=O) groups excluding carboxylic acids is 2. The van der Waals surface area contributed by atoms with E-state index >= 15 is 0 Å². The molecule has 3 aromatic carbocycles. The van der Waals surface area contributed by atoms with Gasteiger partial charge in [0.15, 0.2) is 0 Å². The maximum Gasteiger partial charge on any atom is 0.255 e. The number of benzene rings is 3. The molecule has 0 bridgehead atoms. The molecule has 0 atom stereocenters. The molecule has 0 aliphatic heterocycles. The average molecular weight is 455 g/mol. The summed E-state index contributed by atoms with van der Waals surface area (Å²) in [5, 5.41) is 5.61. The zero-order valence-electron chi connectivity index (χ0n) is 15.9. The highest BCUT2D eigenvalue weighted by atomic mass is 79.9. The van der Waals surface area contributed by atoms with Gasteiger partial charge in [0.05, 0.1) is 19.9 Å². The highest BCUT2D eigenvalue weighted by Crippen LogP contribution is 2.29. The normalized spacial score (nSPS) is 10.2. The fraction of sp³-hybridized carbons (Fsp3) is 0.0909. The molecule has 7 heteroatoms. The van der Waals surface area contributed by atoms with E-state index in [2.05, 4.69) is 26.6 Å². The molecule has 0 heterocycles. The molecule has 3 aromatic rings. The predicted octanol–water partition coefficient (Wildman–Crippen LogP) is 4.97. The number of carbonyl (C=O) groups is 2. The van der Waals surface area contributed by atoms with Crippen molar-refractivity contribution >= 4 is 39.1 Å². The van der Waals surface area contributed by atoms with Crippen LogP contribution in [0.3, 0.4) is 0 Å². The molecule has 29 heavy (non-hydrogen) atoms. The van der Waals surface area contributed by atoms with Crippen LogP contribution in [-0.2, 0) is 0 Å². The summed E-state index contributed by atoms with van der Waals surface area (Å²) in [6.07, 6.45) is 0. The number of anilines is 2. The Morgan fingerprint density at radius 1 is 0.793 bits per heavy atom. The zero-order valence-corrected chi connectivity index (χ0v) is 17.4. The van der Waals surface area contributed by atoms with Crippen LogP contribution in [0.1, 0.15) is 20.7 Å². The van der Waals surface area contributed by atoms with Gasteiger partial charge in [-0.05, 0) is 48.5 Å². The number of nitrogens with one attached hydrogen (secondary N) is 2. The number of amides is 2. The second-order valence-corrected chi connectivity index (χ2v) is 6.98. The standard InChI is InChI=1S/C22H19BrN2O4/c1-28-18-9-10-19(20(13-18)29-2)25-22(27)15-6-4-8-17(12-15)24-21(26)14-5-3-7-16(23)11-14/h3-13H,1-2H3,(H,24,26)(H,25,27). The Morgan fingerprint density at radius 2 is 1.48 bits per heavy atom. The highest BCUT2D eigenvalue weighted by molar-refractivity contribution is 9.10. The molecule has 0 aromatic heterocycles. The van der Waals surface area contributed by atoms with E-state index in [0.717, 1.165) is 4.47 Å². The summed E-state index contributed by atoms with van der Waals surface area (Å²) in [6, 6.07) is 18.9. The topological polar surface area (TPSA) is 76.7 Å². The molecule has 0 spiro atoms. The van der Waals surface area contributed by atoms with Crippen molar-refractivity contribution in [1.82, 2.24) is 0 Å². The number of rotatable bonds is 6. The van der Waals surface area contributed by atoms with E-state index in [1.54, 1.807) is 67.8 Å². The molecule has 0 aliphatic carbocycles. The van der Waals surface area contributed by atoms with Crippen molar-refractivity contribution in [3.63, 3.8) is 0 Å². The van der Waals surface area contributed by atoms with E-state index in [9.17, 15) is 9.59 Å². The lowest BCUT2D eigenvalue weighted by Gasteiger charge is -2.12. The van der Waals surface area contributed by atoms with Gasteiger partial charge in [-0.3, -0.25) is 9.59 Å². The molecule has 0 saturated carbocycles. The van der Waals surface area contributed by atoms with Crippen LogP contribution in [0.2, 0.25) is 0 Å². The molecule has 148 valence electrons. The van der Waals surface area contributed by atoms with Gasteiger partial charge in [-0.25, -0.2) is 0 Å². The lowest BCUT2D eigenvalue weighted by molar-refractivity contribution is 0.101. The number of methoxy groups -OCH3 is 2. The third-order valence-electron chi connectivity index (χ3n) is 4.13. The van der Waals surface area contributed by atoms with E-state index in [1.165, 1.54) is 7.11 Å². The Balaban J connectivity index is 1.75. The zero-order chi connectivity index (χ0) is 20.8. The molecular weight excluding hydrogens is 436 g/mol. The van der Waals surface area contributed by atoms with Crippen LogP contribution in [0.5, 0.6) is 11.5 Å². The first-order valence-electron chi connectivity index (χ1n) is 8.70. The summed E-state index contributed by atoms with van der Waals surface area (Å²) in [7, 11) is 3.07. The van der Waals surface area contributed by atoms with Gasteiger partial charge in [0.2, 0.25) is 0 Å². The average Bonchev–Trinajstić information content (AvgIpc) is 2.74. The van der Waals surface area contributed by atoms with Crippen LogP contribution in [0.4, 0.5) is 11.4 Å². The quantitative estimate of drug-likeness (QED) is 0.550.